The molecule has 18 heavy (non-hydrogen) atoms. The third-order valence-electron chi connectivity index (χ3n) is 3.43. The summed E-state index contributed by atoms with van der Waals surface area (Å²) >= 11 is 11.3. The molecule has 0 radical (unpaired) electrons. The largest absolute Gasteiger partial charge is 0.426 e. The Bertz CT molecular complexity index is 476. The van der Waals surface area contributed by atoms with Gasteiger partial charge in [-0.05, 0) is 29.5 Å². The molecule has 96 valence electrons. The van der Waals surface area contributed by atoms with Gasteiger partial charge in [0.25, 0.3) is 0 Å². The number of allylic oxidation sites excluding steroid dienone is 1. The lowest BCUT2D eigenvalue weighted by Crippen LogP contribution is -2.13. The summed E-state index contributed by atoms with van der Waals surface area (Å²) in [5.41, 5.74) is -0.152. The summed E-state index contributed by atoms with van der Waals surface area (Å²) in [5.74, 6) is 0.177. The van der Waals surface area contributed by atoms with E-state index in [0.29, 0.717) is 5.75 Å². The second-order valence-electron chi connectivity index (χ2n) is 5.02. The summed E-state index contributed by atoms with van der Waals surface area (Å²) in [6.45, 7) is 4.00. The molecule has 0 spiro atoms. The lowest BCUT2D eigenvalue weighted by Gasteiger charge is -2.04. The van der Waals surface area contributed by atoms with E-state index in [2.05, 4.69) is 0 Å². The Labute approximate surface area is 117 Å². The molecule has 1 aromatic rings. The topological polar surface area (TPSA) is 26.3 Å². The van der Waals surface area contributed by atoms with Crippen LogP contribution in [0.4, 0.5) is 0 Å². The van der Waals surface area contributed by atoms with Crippen LogP contribution in [0.2, 0.25) is 0 Å². The molecule has 1 aliphatic rings. The first-order valence-electron chi connectivity index (χ1n) is 5.72. The maximum Gasteiger partial charge on any atom is 0.315 e. The predicted octanol–water partition coefficient (Wildman–Crippen LogP) is 4.18. The number of hydrogen-bond acceptors (Lipinski definition) is 2. The zero-order chi connectivity index (χ0) is 13.3. The molecule has 1 aliphatic carbocycles. The average molecular weight is 285 g/mol. The van der Waals surface area contributed by atoms with E-state index in [1.807, 2.05) is 32.0 Å². The van der Waals surface area contributed by atoms with Crippen LogP contribution in [0.5, 0.6) is 5.75 Å². The lowest BCUT2D eigenvalue weighted by molar-refractivity contribution is -0.136. The van der Waals surface area contributed by atoms with Crippen molar-refractivity contribution >= 4 is 29.2 Å². The van der Waals surface area contributed by atoms with Crippen LogP contribution in [0.1, 0.15) is 13.8 Å². The van der Waals surface area contributed by atoms with E-state index in [9.17, 15) is 4.79 Å². The Morgan fingerprint density at radius 3 is 2.44 bits per heavy atom. The zero-order valence-corrected chi connectivity index (χ0v) is 11.7. The predicted molar refractivity (Wildman–Crippen MR) is 72.6 cm³/mol. The van der Waals surface area contributed by atoms with Gasteiger partial charge in [0.05, 0.1) is 5.92 Å². The summed E-state index contributed by atoms with van der Waals surface area (Å²) < 4.78 is 5.53. The fourth-order valence-electron chi connectivity index (χ4n) is 2.24. The highest BCUT2D eigenvalue weighted by atomic mass is 35.5. The van der Waals surface area contributed by atoms with Gasteiger partial charge in [-0.3, -0.25) is 4.79 Å². The number of hydrogen-bond donors (Lipinski definition) is 0. The number of halogens is 2. The van der Waals surface area contributed by atoms with Crippen molar-refractivity contribution in [1.82, 2.24) is 0 Å². The molecule has 0 N–H and O–H groups in total. The molecular weight excluding hydrogens is 271 g/mol. The van der Waals surface area contributed by atoms with Gasteiger partial charge in [0.15, 0.2) is 0 Å². The van der Waals surface area contributed by atoms with Crippen LogP contribution in [0.3, 0.4) is 0 Å². The fraction of sp³-hybridized carbons (Fsp3) is 0.357. The average Bonchev–Trinajstić information content (AvgIpc) is 2.80. The zero-order valence-electron chi connectivity index (χ0n) is 10.2. The van der Waals surface area contributed by atoms with E-state index in [1.54, 1.807) is 18.2 Å². The minimum atomic E-state index is -0.234. The summed E-state index contributed by atoms with van der Waals surface area (Å²) in [4.78, 5) is 12.0. The number of carbonyl (C=O) groups excluding carboxylic acids is 1. The summed E-state index contributed by atoms with van der Waals surface area (Å²) in [7, 11) is 0. The first-order valence-corrected chi connectivity index (χ1v) is 6.48. The molecule has 0 unspecified atom stereocenters. The van der Waals surface area contributed by atoms with Crippen molar-refractivity contribution in [3.63, 3.8) is 0 Å². The van der Waals surface area contributed by atoms with Gasteiger partial charge < -0.3 is 4.74 Å². The number of ether oxygens (including phenoxy) is 1. The van der Waals surface area contributed by atoms with Gasteiger partial charge in [-0.15, -0.1) is 0 Å². The van der Waals surface area contributed by atoms with Crippen molar-refractivity contribution in [3.8, 4) is 5.75 Å². The molecule has 0 heterocycles. The van der Waals surface area contributed by atoms with Crippen molar-refractivity contribution < 1.29 is 9.53 Å². The van der Waals surface area contributed by atoms with Gasteiger partial charge in [0.1, 0.15) is 10.2 Å². The van der Waals surface area contributed by atoms with Crippen molar-refractivity contribution in [2.24, 2.45) is 17.3 Å². The van der Waals surface area contributed by atoms with Crippen molar-refractivity contribution in [2.45, 2.75) is 13.8 Å². The van der Waals surface area contributed by atoms with E-state index < -0.39 is 0 Å². The van der Waals surface area contributed by atoms with E-state index in [4.69, 9.17) is 27.9 Å². The van der Waals surface area contributed by atoms with E-state index >= 15 is 0 Å². The van der Waals surface area contributed by atoms with Crippen molar-refractivity contribution in [2.75, 3.05) is 0 Å². The summed E-state index contributed by atoms with van der Waals surface area (Å²) in [5, 5.41) is 0. The quantitative estimate of drug-likeness (QED) is 0.615. The fourth-order valence-corrected chi connectivity index (χ4v) is 2.51. The molecule has 0 saturated heterocycles. The third-order valence-corrected chi connectivity index (χ3v) is 3.68. The molecular formula is C14H14Cl2O2. The van der Waals surface area contributed by atoms with E-state index in [0.717, 1.165) is 0 Å². The van der Waals surface area contributed by atoms with Crippen LogP contribution >= 0.6 is 23.2 Å². The van der Waals surface area contributed by atoms with Gasteiger partial charge in [-0.1, -0.05) is 55.2 Å². The Balaban J connectivity index is 2.05. The molecule has 0 amide bonds. The smallest absolute Gasteiger partial charge is 0.315 e. The highest BCUT2D eigenvalue weighted by molar-refractivity contribution is 6.55. The second-order valence-corrected chi connectivity index (χ2v) is 6.02. The monoisotopic (exact) mass is 284 g/mol. The molecule has 4 heteroatoms. The Hall–Kier alpha value is -0.990. The minimum absolute atomic E-state index is 0.0405. The highest BCUT2D eigenvalue weighted by Gasteiger charge is 2.61. The standard InChI is InChI=1S/C14H14Cl2O2/c1-14(2)10(8-11(15)16)12(14)13(17)18-9-6-4-3-5-7-9/h3-8,10,12H,1-2H3/t10-,12+/m0/s1. The molecule has 1 fully saturated rings. The van der Waals surface area contributed by atoms with Gasteiger partial charge in [0, 0.05) is 0 Å². The number of esters is 1. The molecule has 2 nitrogen and oxygen atoms in total. The number of rotatable bonds is 3. The highest BCUT2D eigenvalue weighted by Crippen LogP contribution is 2.60. The van der Waals surface area contributed by atoms with Crippen LogP contribution in [0.25, 0.3) is 0 Å². The first-order chi connectivity index (χ1) is 8.43. The molecule has 0 aliphatic heterocycles. The van der Waals surface area contributed by atoms with Crippen molar-refractivity contribution in [1.29, 1.82) is 0 Å². The maximum absolute atomic E-state index is 12.0. The van der Waals surface area contributed by atoms with Crippen LogP contribution < -0.4 is 4.74 Å². The molecule has 1 saturated carbocycles. The molecule has 0 bridgehead atoms. The van der Waals surface area contributed by atoms with Crippen LogP contribution in [-0.4, -0.2) is 5.97 Å². The minimum Gasteiger partial charge on any atom is -0.426 e. The van der Waals surface area contributed by atoms with Crippen LogP contribution in [0.15, 0.2) is 40.9 Å². The lowest BCUT2D eigenvalue weighted by atomic mass is 10.1. The van der Waals surface area contributed by atoms with E-state index in [1.165, 1.54) is 0 Å². The van der Waals surface area contributed by atoms with Crippen LogP contribution in [0, 0.1) is 17.3 Å². The van der Waals surface area contributed by atoms with Crippen LogP contribution in [-0.2, 0) is 4.79 Å². The van der Waals surface area contributed by atoms with Gasteiger partial charge in [-0.25, -0.2) is 0 Å². The van der Waals surface area contributed by atoms with Gasteiger partial charge >= 0.3 is 5.97 Å². The first kappa shape index (κ1) is 13.4. The molecule has 1 aromatic carbocycles. The Morgan fingerprint density at radius 2 is 1.89 bits per heavy atom. The summed E-state index contributed by atoms with van der Waals surface area (Å²) in [6.07, 6.45) is 1.71. The molecule has 2 atom stereocenters. The maximum atomic E-state index is 12.0. The number of benzene rings is 1. The Kier molecular flexibility index (Phi) is 3.69. The molecule has 2 rings (SSSR count). The number of para-hydroxylation sites is 1. The Morgan fingerprint density at radius 1 is 1.28 bits per heavy atom. The summed E-state index contributed by atoms with van der Waals surface area (Å²) in [6, 6.07) is 9.04. The van der Waals surface area contributed by atoms with E-state index in [-0.39, 0.29) is 27.7 Å². The normalized spacial score (nSPS) is 24.2. The SMILES string of the molecule is CC1(C)[C@@H](C=C(Cl)Cl)[C@@H]1C(=O)Oc1ccccc1. The second kappa shape index (κ2) is 4.94. The van der Waals surface area contributed by atoms with Gasteiger partial charge in [-0.2, -0.15) is 0 Å². The third kappa shape index (κ3) is 2.70. The molecule has 0 aromatic heterocycles. The van der Waals surface area contributed by atoms with Crippen molar-refractivity contribution in [3.05, 3.63) is 40.9 Å². The number of carbonyl (C=O) groups is 1. The van der Waals surface area contributed by atoms with Gasteiger partial charge in [0.2, 0.25) is 0 Å².